The number of alkyl halides is 3. The van der Waals surface area contributed by atoms with Gasteiger partial charge in [0.05, 0.1) is 5.56 Å². The normalized spacial score (nSPS) is 12.9. The van der Waals surface area contributed by atoms with E-state index in [9.17, 15) is 17.6 Å². The zero-order valence-electron chi connectivity index (χ0n) is 9.31. The minimum Gasteiger partial charge on any atom is -0.325 e. The largest absolute Gasteiger partial charge is 0.416 e. The van der Waals surface area contributed by atoms with Gasteiger partial charge < -0.3 is 5.73 Å². The number of halogens is 4. The number of rotatable bonds is 3. The van der Waals surface area contributed by atoms with E-state index in [0.29, 0.717) is 11.1 Å². The Kier molecular flexibility index (Phi) is 4.28. The van der Waals surface area contributed by atoms with Crippen LogP contribution in [0.4, 0.5) is 17.6 Å². The van der Waals surface area contributed by atoms with E-state index in [2.05, 4.69) is 0 Å². The Morgan fingerprint density at radius 2 is 1.94 bits per heavy atom. The van der Waals surface area contributed by atoms with E-state index in [4.69, 9.17) is 5.73 Å². The minimum atomic E-state index is -4.38. The molecular weight excluding hydrogens is 234 g/mol. The van der Waals surface area contributed by atoms with Crippen molar-refractivity contribution in [2.24, 2.45) is 5.73 Å². The van der Waals surface area contributed by atoms with Gasteiger partial charge in [-0.15, -0.1) is 0 Å². The van der Waals surface area contributed by atoms with Crippen molar-refractivity contribution in [2.75, 3.05) is 6.54 Å². The van der Waals surface area contributed by atoms with E-state index < -0.39 is 17.6 Å². The molecule has 0 aliphatic heterocycles. The van der Waals surface area contributed by atoms with Gasteiger partial charge in [-0.25, -0.2) is 4.39 Å². The van der Waals surface area contributed by atoms with Crippen LogP contribution in [0.5, 0.6) is 0 Å². The highest BCUT2D eigenvalue weighted by Crippen LogP contribution is 2.30. The van der Waals surface area contributed by atoms with E-state index >= 15 is 0 Å². The van der Waals surface area contributed by atoms with E-state index in [1.807, 2.05) is 0 Å². The van der Waals surface area contributed by atoms with E-state index in [-0.39, 0.29) is 13.0 Å². The van der Waals surface area contributed by atoms with Crippen molar-refractivity contribution in [3.05, 3.63) is 46.8 Å². The zero-order valence-corrected chi connectivity index (χ0v) is 9.31. The second-order valence-electron chi connectivity index (χ2n) is 3.76. The summed E-state index contributed by atoms with van der Waals surface area (Å²) in [7, 11) is 0. The van der Waals surface area contributed by atoms with Gasteiger partial charge in [0.1, 0.15) is 5.83 Å². The number of benzene rings is 1. The number of hydrogen-bond donors (Lipinski definition) is 1. The molecule has 0 atom stereocenters. The molecule has 0 saturated carbocycles. The Morgan fingerprint density at radius 3 is 2.47 bits per heavy atom. The molecule has 2 N–H and O–H groups in total. The standard InChI is InChI=1S/C12H13F4N/c1-8-4-9(2-3-11(13)7-17)6-10(5-8)12(14,15)16/h3-6H,2,7,17H2,1H3. The molecule has 0 radical (unpaired) electrons. The Balaban J connectivity index is 2.98. The summed E-state index contributed by atoms with van der Waals surface area (Å²) in [6.45, 7) is 1.33. The Labute approximate surface area is 96.9 Å². The molecule has 0 unspecified atom stereocenters. The van der Waals surface area contributed by atoms with Crippen LogP contribution in [0.25, 0.3) is 0 Å². The Bertz CT molecular complexity index is 421. The molecule has 0 heterocycles. The molecule has 5 heteroatoms. The number of allylic oxidation sites excluding steroid dienone is 1. The van der Waals surface area contributed by atoms with Gasteiger partial charge in [0.25, 0.3) is 0 Å². The summed E-state index contributed by atoms with van der Waals surface area (Å²) in [6.07, 6.45) is -3.08. The second kappa shape index (κ2) is 5.31. The lowest BCUT2D eigenvalue weighted by atomic mass is 10.0. The first kappa shape index (κ1) is 13.7. The van der Waals surface area contributed by atoms with Crippen molar-refractivity contribution in [3.8, 4) is 0 Å². The molecule has 0 aliphatic carbocycles. The van der Waals surface area contributed by atoms with Crippen LogP contribution in [-0.2, 0) is 12.6 Å². The zero-order chi connectivity index (χ0) is 13.1. The summed E-state index contributed by atoms with van der Waals surface area (Å²) in [5, 5.41) is 0. The minimum absolute atomic E-state index is 0.105. The van der Waals surface area contributed by atoms with Crippen LogP contribution >= 0.6 is 0 Å². The summed E-state index contributed by atoms with van der Waals surface area (Å²) in [4.78, 5) is 0. The number of aryl methyl sites for hydroxylation is 1. The van der Waals surface area contributed by atoms with Gasteiger partial charge in [-0.2, -0.15) is 13.2 Å². The van der Waals surface area contributed by atoms with Crippen LogP contribution in [0.1, 0.15) is 16.7 Å². The van der Waals surface area contributed by atoms with Crippen molar-refractivity contribution >= 4 is 0 Å². The van der Waals surface area contributed by atoms with Crippen LogP contribution in [-0.4, -0.2) is 6.54 Å². The molecule has 0 spiro atoms. The van der Waals surface area contributed by atoms with Crippen LogP contribution in [0.3, 0.4) is 0 Å². The number of hydrogen-bond acceptors (Lipinski definition) is 1. The highest BCUT2D eigenvalue weighted by Gasteiger charge is 2.30. The molecule has 0 bridgehead atoms. The van der Waals surface area contributed by atoms with Gasteiger partial charge in [0.15, 0.2) is 0 Å². The average molecular weight is 247 g/mol. The monoisotopic (exact) mass is 247 g/mol. The predicted octanol–water partition coefficient (Wildman–Crippen LogP) is 3.37. The quantitative estimate of drug-likeness (QED) is 0.814. The SMILES string of the molecule is Cc1cc(CC=C(F)CN)cc(C(F)(F)F)c1. The van der Waals surface area contributed by atoms with Crippen molar-refractivity contribution in [1.29, 1.82) is 0 Å². The molecule has 0 saturated heterocycles. The fourth-order valence-corrected chi connectivity index (χ4v) is 1.46. The summed E-state index contributed by atoms with van der Waals surface area (Å²) in [5.74, 6) is -0.528. The molecule has 0 fully saturated rings. The fraction of sp³-hybridized carbons (Fsp3) is 0.333. The third-order valence-electron chi connectivity index (χ3n) is 2.22. The van der Waals surface area contributed by atoms with Crippen LogP contribution < -0.4 is 5.73 Å². The van der Waals surface area contributed by atoms with Gasteiger partial charge in [-0.1, -0.05) is 11.6 Å². The van der Waals surface area contributed by atoms with Gasteiger partial charge in [0.2, 0.25) is 0 Å². The van der Waals surface area contributed by atoms with Gasteiger partial charge in [-0.3, -0.25) is 0 Å². The molecule has 1 aromatic carbocycles. The third-order valence-corrected chi connectivity index (χ3v) is 2.22. The first-order valence-corrected chi connectivity index (χ1v) is 5.05. The highest BCUT2D eigenvalue weighted by molar-refractivity contribution is 5.32. The molecule has 0 amide bonds. The van der Waals surface area contributed by atoms with E-state index in [0.717, 1.165) is 12.1 Å². The maximum absolute atomic E-state index is 12.8. The van der Waals surface area contributed by atoms with Crippen molar-refractivity contribution < 1.29 is 17.6 Å². The Morgan fingerprint density at radius 1 is 1.29 bits per heavy atom. The summed E-state index contributed by atoms with van der Waals surface area (Å²) < 4.78 is 50.3. The summed E-state index contributed by atoms with van der Waals surface area (Å²) in [5.41, 5.74) is 5.24. The summed E-state index contributed by atoms with van der Waals surface area (Å²) >= 11 is 0. The Hall–Kier alpha value is -1.36. The predicted molar refractivity (Wildman–Crippen MR) is 58.1 cm³/mol. The van der Waals surface area contributed by atoms with Gasteiger partial charge in [0, 0.05) is 6.54 Å². The fourth-order valence-electron chi connectivity index (χ4n) is 1.46. The highest BCUT2D eigenvalue weighted by atomic mass is 19.4. The van der Waals surface area contributed by atoms with Crippen molar-refractivity contribution in [2.45, 2.75) is 19.5 Å². The molecule has 0 aromatic heterocycles. The smallest absolute Gasteiger partial charge is 0.325 e. The second-order valence-corrected chi connectivity index (χ2v) is 3.76. The van der Waals surface area contributed by atoms with Crippen LogP contribution in [0.2, 0.25) is 0 Å². The van der Waals surface area contributed by atoms with Gasteiger partial charge in [-0.05, 0) is 37.1 Å². The lowest BCUT2D eigenvalue weighted by Gasteiger charge is -2.09. The first-order chi connectivity index (χ1) is 7.82. The average Bonchev–Trinajstić information content (AvgIpc) is 2.24. The molecule has 1 nitrogen and oxygen atoms in total. The molecular formula is C12H13F4N. The molecule has 0 aliphatic rings. The van der Waals surface area contributed by atoms with E-state index in [1.165, 1.54) is 6.08 Å². The molecule has 94 valence electrons. The summed E-state index contributed by atoms with van der Waals surface area (Å²) in [6, 6.07) is 3.68. The van der Waals surface area contributed by atoms with Crippen LogP contribution in [0.15, 0.2) is 30.1 Å². The lowest BCUT2D eigenvalue weighted by Crippen LogP contribution is -2.06. The maximum Gasteiger partial charge on any atom is 0.416 e. The lowest BCUT2D eigenvalue weighted by molar-refractivity contribution is -0.137. The van der Waals surface area contributed by atoms with E-state index in [1.54, 1.807) is 13.0 Å². The van der Waals surface area contributed by atoms with Crippen molar-refractivity contribution in [3.63, 3.8) is 0 Å². The maximum atomic E-state index is 12.8. The molecule has 1 aromatic rings. The number of nitrogens with two attached hydrogens (primary N) is 1. The molecule has 17 heavy (non-hydrogen) atoms. The first-order valence-electron chi connectivity index (χ1n) is 5.05. The van der Waals surface area contributed by atoms with Gasteiger partial charge >= 0.3 is 6.18 Å². The molecule has 1 rings (SSSR count). The third kappa shape index (κ3) is 4.19. The van der Waals surface area contributed by atoms with Crippen molar-refractivity contribution in [1.82, 2.24) is 0 Å². The topological polar surface area (TPSA) is 26.0 Å². The van der Waals surface area contributed by atoms with Crippen LogP contribution in [0, 0.1) is 6.92 Å².